The molecule has 3 aromatic heterocycles. The van der Waals surface area contributed by atoms with Gasteiger partial charge in [0.05, 0.1) is 18.1 Å². The summed E-state index contributed by atoms with van der Waals surface area (Å²) < 4.78 is 11.0. The van der Waals surface area contributed by atoms with E-state index in [0.717, 1.165) is 49.7 Å². The van der Waals surface area contributed by atoms with Crippen molar-refractivity contribution in [3.63, 3.8) is 0 Å². The predicted molar refractivity (Wildman–Crippen MR) is 141 cm³/mol. The molecule has 8 heteroatoms. The van der Waals surface area contributed by atoms with Crippen LogP contribution in [0.25, 0.3) is 10.4 Å². The van der Waals surface area contributed by atoms with Crippen LogP contribution in [0.2, 0.25) is 0 Å². The number of carbonyl (C=O) groups is 2. The van der Waals surface area contributed by atoms with Gasteiger partial charge in [-0.3, -0.25) is 5.32 Å². The van der Waals surface area contributed by atoms with Crippen LogP contribution in [-0.2, 0) is 37.0 Å². The van der Waals surface area contributed by atoms with E-state index in [1.165, 1.54) is 49.9 Å². The molecular weight excluding hydrogens is 480 g/mol. The molecule has 0 atom stereocenters. The van der Waals surface area contributed by atoms with Gasteiger partial charge in [-0.15, -0.1) is 22.7 Å². The second kappa shape index (κ2) is 9.82. The molecule has 3 heterocycles. The van der Waals surface area contributed by atoms with Crippen molar-refractivity contribution in [2.45, 2.75) is 84.3 Å². The Morgan fingerprint density at radius 2 is 1.69 bits per heavy atom. The molecule has 0 radical (unpaired) electrons. The van der Waals surface area contributed by atoms with Crippen molar-refractivity contribution in [2.24, 2.45) is 0 Å². The van der Waals surface area contributed by atoms with Gasteiger partial charge in [0.1, 0.15) is 10.6 Å². The molecule has 2 aliphatic carbocycles. The van der Waals surface area contributed by atoms with E-state index in [0.29, 0.717) is 17.1 Å². The number of aryl methyl sites for hydroxylation is 2. The van der Waals surface area contributed by atoms with Crippen LogP contribution in [0, 0.1) is 0 Å². The monoisotopic (exact) mass is 512 g/mol. The van der Waals surface area contributed by atoms with E-state index in [1.807, 2.05) is 38.2 Å². The summed E-state index contributed by atoms with van der Waals surface area (Å²) in [6.45, 7) is 6.03. The van der Waals surface area contributed by atoms with Gasteiger partial charge in [0.25, 0.3) is 0 Å². The second-order valence-corrected chi connectivity index (χ2v) is 12.5. The fraction of sp³-hybridized carbons (Fsp3) is 0.481. The van der Waals surface area contributed by atoms with E-state index in [2.05, 4.69) is 10.6 Å². The number of anilines is 1. The molecule has 35 heavy (non-hydrogen) atoms. The lowest BCUT2D eigenvalue weighted by molar-refractivity contribution is 0.00699. The third-order valence-electron chi connectivity index (χ3n) is 6.49. The molecule has 186 valence electrons. The molecule has 6 nitrogen and oxygen atoms in total. The molecule has 0 unspecified atom stereocenters. The molecule has 5 rings (SSSR count). The molecule has 0 spiro atoms. The van der Waals surface area contributed by atoms with Gasteiger partial charge in [-0.1, -0.05) is 0 Å². The zero-order valence-electron chi connectivity index (χ0n) is 20.5. The number of amides is 2. The van der Waals surface area contributed by atoms with Gasteiger partial charge in [0.2, 0.25) is 0 Å². The molecule has 0 aromatic carbocycles. The van der Waals surface area contributed by atoms with Gasteiger partial charge in [-0.05, 0) is 94.9 Å². The van der Waals surface area contributed by atoms with Crippen LogP contribution in [0.3, 0.4) is 0 Å². The first-order chi connectivity index (χ1) is 16.8. The van der Waals surface area contributed by atoms with Crippen LogP contribution < -0.4 is 10.6 Å². The number of hydrogen-bond donors (Lipinski definition) is 2. The molecule has 0 aliphatic heterocycles. The zero-order valence-corrected chi connectivity index (χ0v) is 22.2. The maximum atomic E-state index is 13.1. The number of furan rings is 1. The summed E-state index contributed by atoms with van der Waals surface area (Å²) in [5.41, 5.74) is 4.58. The van der Waals surface area contributed by atoms with Gasteiger partial charge in [0, 0.05) is 26.7 Å². The van der Waals surface area contributed by atoms with Crippen molar-refractivity contribution < 1.29 is 18.7 Å². The summed E-state index contributed by atoms with van der Waals surface area (Å²) in [5, 5.41) is 6.63. The molecule has 3 aromatic rings. The fourth-order valence-electron chi connectivity index (χ4n) is 4.96. The average molecular weight is 513 g/mol. The van der Waals surface area contributed by atoms with Crippen molar-refractivity contribution in [1.29, 1.82) is 0 Å². The van der Waals surface area contributed by atoms with Crippen LogP contribution >= 0.6 is 22.7 Å². The van der Waals surface area contributed by atoms with E-state index in [-0.39, 0.29) is 12.0 Å². The Hall–Kier alpha value is -2.58. The third-order valence-corrected chi connectivity index (χ3v) is 9.08. The van der Waals surface area contributed by atoms with Crippen LogP contribution in [0.5, 0.6) is 0 Å². The minimum atomic E-state index is -0.596. The minimum Gasteiger partial charge on any atom is -0.472 e. The van der Waals surface area contributed by atoms with Crippen molar-refractivity contribution in [2.75, 3.05) is 5.32 Å². The summed E-state index contributed by atoms with van der Waals surface area (Å²) in [6.07, 6.45) is 11.9. The van der Waals surface area contributed by atoms with E-state index in [1.54, 1.807) is 12.5 Å². The maximum Gasteiger partial charge on any atom is 0.341 e. The lowest BCUT2D eigenvalue weighted by Crippen LogP contribution is -2.30. The Balaban J connectivity index is 1.36. The lowest BCUT2D eigenvalue weighted by Gasteiger charge is -2.21. The van der Waals surface area contributed by atoms with Crippen molar-refractivity contribution in [1.82, 2.24) is 5.32 Å². The molecule has 2 N–H and O–H groups in total. The Morgan fingerprint density at radius 1 is 1.00 bits per heavy atom. The van der Waals surface area contributed by atoms with E-state index < -0.39 is 5.60 Å². The number of hydrogen-bond acceptors (Lipinski definition) is 6. The summed E-state index contributed by atoms with van der Waals surface area (Å²) in [6, 6.07) is 1.67. The summed E-state index contributed by atoms with van der Waals surface area (Å²) >= 11 is 3.32. The Labute approximate surface area is 214 Å². The van der Waals surface area contributed by atoms with Crippen molar-refractivity contribution >= 4 is 39.7 Å². The topological polar surface area (TPSA) is 80.6 Å². The van der Waals surface area contributed by atoms with Crippen molar-refractivity contribution in [3.05, 3.63) is 50.6 Å². The number of fused-ring (bicyclic) bond motifs is 2. The highest BCUT2D eigenvalue weighted by Gasteiger charge is 2.30. The number of esters is 1. The van der Waals surface area contributed by atoms with Crippen LogP contribution in [-0.4, -0.2) is 17.6 Å². The summed E-state index contributed by atoms with van der Waals surface area (Å²) in [7, 11) is 0. The normalized spacial score (nSPS) is 15.3. The average Bonchev–Trinajstić information content (AvgIpc) is 3.53. The van der Waals surface area contributed by atoms with E-state index >= 15 is 0 Å². The van der Waals surface area contributed by atoms with Gasteiger partial charge >= 0.3 is 12.0 Å². The number of ether oxygens (including phenoxy) is 1. The van der Waals surface area contributed by atoms with Gasteiger partial charge < -0.3 is 14.5 Å². The smallest absolute Gasteiger partial charge is 0.341 e. The Kier molecular flexibility index (Phi) is 6.77. The summed E-state index contributed by atoms with van der Waals surface area (Å²) in [5.74, 6) is -0.360. The second-order valence-electron chi connectivity index (χ2n) is 10.3. The Bertz CT molecular complexity index is 1230. The van der Waals surface area contributed by atoms with Gasteiger partial charge in [-0.2, -0.15) is 0 Å². The first-order valence-electron chi connectivity index (χ1n) is 12.4. The van der Waals surface area contributed by atoms with E-state index in [4.69, 9.17) is 9.15 Å². The standard InChI is InChI=1S/C27H32N2O4S2/c1-27(2,3)33-25(30)22-18-9-5-7-11-21(18)35-24(22)29-26(31)28-14-19-17-8-4-6-10-20(17)34-23(19)16-12-13-32-15-16/h12-13,15H,4-11,14H2,1-3H3,(H2,28,29,31). The van der Waals surface area contributed by atoms with Crippen LogP contribution in [0.4, 0.5) is 9.80 Å². The highest BCUT2D eigenvalue weighted by Crippen LogP contribution is 2.41. The number of thiophene rings is 2. The minimum absolute atomic E-state index is 0.303. The number of urea groups is 1. The summed E-state index contributed by atoms with van der Waals surface area (Å²) in [4.78, 5) is 29.9. The van der Waals surface area contributed by atoms with E-state index in [9.17, 15) is 9.59 Å². The van der Waals surface area contributed by atoms with Gasteiger partial charge in [-0.25, -0.2) is 9.59 Å². The highest BCUT2D eigenvalue weighted by molar-refractivity contribution is 7.17. The lowest BCUT2D eigenvalue weighted by atomic mass is 9.94. The highest BCUT2D eigenvalue weighted by atomic mass is 32.1. The largest absolute Gasteiger partial charge is 0.472 e. The first-order valence-corrected chi connectivity index (χ1v) is 14.0. The van der Waals surface area contributed by atoms with Gasteiger partial charge in [0.15, 0.2) is 0 Å². The molecule has 2 aliphatic rings. The first kappa shape index (κ1) is 24.1. The van der Waals surface area contributed by atoms with Crippen molar-refractivity contribution in [3.8, 4) is 10.4 Å². The van der Waals surface area contributed by atoms with Crippen LogP contribution in [0.15, 0.2) is 23.0 Å². The van der Waals surface area contributed by atoms with Crippen LogP contribution in [0.1, 0.15) is 83.3 Å². The molecule has 0 fully saturated rings. The fourth-order valence-corrected chi connectivity index (χ4v) is 7.63. The SMILES string of the molecule is CC(C)(C)OC(=O)c1c(NC(=O)NCc2c(-c3ccoc3)sc3c2CCCC3)sc2c1CCCC2. The maximum absolute atomic E-state index is 13.1. The molecule has 0 saturated carbocycles. The number of carbonyl (C=O) groups excluding carboxylic acids is 2. The molecule has 0 saturated heterocycles. The number of rotatable bonds is 5. The molecule has 0 bridgehead atoms. The Morgan fingerprint density at radius 3 is 2.37 bits per heavy atom. The molecule has 2 amide bonds. The quantitative estimate of drug-likeness (QED) is 0.357. The third kappa shape index (κ3) is 5.19. The number of nitrogens with one attached hydrogen (secondary N) is 2. The zero-order chi connectivity index (χ0) is 24.6. The molecular formula is C27H32N2O4S2. The predicted octanol–water partition coefficient (Wildman–Crippen LogP) is 7.10.